The molecule has 2 saturated heterocycles. The molecule has 8 heteroatoms. The number of piperazine rings is 1. The predicted octanol–water partition coefficient (Wildman–Crippen LogP) is 2.25. The molecule has 3 N–H and O–H groups in total. The Bertz CT molecular complexity index is 1150. The lowest BCUT2D eigenvalue weighted by Crippen LogP contribution is -2.53. The zero-order chi connectivity index (χ0) is 23.1. The van der Waals surface area contributed by atoms with E-state index in [1.54, 1.807) is 0 Å². The summed E-state index contributed by atoms with van der Waals surface area (Å²) >= 11 is 0. The van der Waals surface area contributed by atoms with Gasteiger partial charge in [0.2, 0.25) is 5.91 Å². The number of nitrogens with zero attached hydrogens (tertiary/aromatic N) is 5. The number of nitrogens with one attached hydrogen (secondary N) is 1. The molecular weight excluding hydrogens is 426 g/mol. The SMILES string of the molecule is N[C@H]1C[C@H](C(=O)N2CCN(c3ccnn4cc(-c5ccc([C@@H]6CCCNC6)cn5)cc34)CC2)C1. The Kier molecular flexibility index (Phi) is 5.71. The molecule has 2 aliphatic heterocycles. The number of anilines is 1. The van der Waals surface area contributed by atoms with Crippen LogP contribution in [0.5, 0.6) is 0 Å². The van der Waals surface area contributed by atoms with Crippen molar-refractivity contribution in [3.8, 4) is 11.3 Å². The quantitative estimate of drug-likeness (QED) is 0.622. The van der Waals surface area contributed by atoms with E-state index < -0.39 is 0 Å². The third-order valence-electron chi connectivity index (χ3n) is 7.79. The summed E-state index contributed by atoms with van der Waals surface area (Å²) in [6.07, 6.45) is 10.1. The standard InChI is InChI=1S/C26H33N7O/c27-22-12-20(13-22)26(34)32-10-8-31(9-11-32)24-5-7-30-33-17-21(14-25(24)33)23-4-3-19(16-29-23)18-2-1-6-28-15-18/h3-5,7,14,16-18,20,22,28H,1-2,6,8-13,15,27H2/t18-,20-,22-/m1/s1. The summed E-state index contributed by atoms with van der Waals surface area (Å²) in [5.74, 6) is 0.976. The summed E-state index contributed by atoms with van der Waals surface area (Å²) in [6.45, 7) is 5.32. The number of amides is 1. The normalized spacial score (nSPS) is 25.4. The molecular formula is C26H33N7O. The van der Waals surface area contributed by atoms with Crippen LogP contribution in [0.1, 0.15) is 37.2 Å². The molecule has 3 aromatic rings. The van der Waals surface area contributed by atoms with Crippen molar-refractivity contribution >= 4 is 17.1 Å². The molecule has 3 aromatic heterocycles. The van der Waals surface area contributed by atoms with Gasteiger partial charge in [0, 0.05) is 68.8 Å². The average molecular weight is 460 g/mol. The second-order valence-corrected chi connectivity index (χ2v) is 10.0. The van der Waals surface area contributed by atoms with E-state index in [-0.39, 0.29) is 17.9 Å². The van der Waals surface area contributed by atoms with E-state index in [1.807, 2.05) is 21.8 Å². The first-order chi connectivity index (χ1) is 16.7. The molecule has 1 atom stereocenters. The maximum atomic E-state index is 12.7. The van der Waals surface area contributed by atoms with Gasteiger partial charge in [-0.3, -0.25) is 9.78 Å². The Hall–Kier alpha value is -2.97. The molecule has 178 valence electrons. The van der Waals surface area contributed by atoms with E-state index in [0.29, 0.717) is 5.92 Å². The summed E-state index contributed by atoms with van der Waals surface area (Å²) in [4.78, 5) is 21.9. The van der Waals surface area contributed by atoms with Crippen molar-refractivity contribution in [2.45, 2.75) is 37.6 Å². The highest BCUT2D eigenvalue weighted by atomic mass is 16.2. The van der Waals surface area contributed by atoms with Gasteiger partial charge in [0.25, 0.3) is 0 Å². The van der Waals surface area contributed by atoms with Gasteiger partial charge >= 0.3 is 0 Å². The zero-order valence-corrected chi connectivity index (χ0v) is 19.6. The molecule has 1 aliphatic carbocycles. The minimum absolute atomic E-state index is 0.135. The first kappa shape index (κ1) is 21.6. The van der Waals surface area contributed by atoms with Gasteiger partial charge in [-0.1, -0.05) is 6.07 Å². The van der Waals surface area contributed by atoms with Crippen LogP contribution in [0.2, 0.25) is 0 Å². The third-order valence-corrected chi connectivity index (χ3v) is 7.79. The lowest BCUT2D eigenvalue weighted by molar-refractivity contribution is -0.139. The topological polar surface area (TPSA) is 91.8 Å². The number of pyridine rings is 1. The minimum Gasteiger partial charge on any atom is -0.366 e. The molecule has 0 aromatic carbocycles. The van der Waals surface area contributed by atoms with Gasteiger partial charge in [-0.05, 0) is 61.9 Å². The maximum Gasteiger partial charge on any atom is 0.225 e. The summed E-state index contributed by atoms with van der Waals surface area (Å²) in [6, 6.07) is 8.82. The van der Waals surface area contributed by atoms with Crippen LogP contribution in [0, 0.1) is 5.92 Å². The molecule has 1 amide bonds. The highest BCUT2D eigenvalue weighted by Crippen LogP contribution is 2.31. The lowest BCUT2D eigenvalue weighted by Gasteiger charge is -2.40. The molecule has 0 spiro atoms. The fraction of sp³-hybridized carbons (Fsp3) is 0.500. The second-order valence-electron chi connectivity index (χ2n) is 10.0. The molecule has 3 fully saturated rings. The largest absolute Gasteiger partial charge is 0.366 e. The van der Waals surface area contributed by atoms with Crippen molar-refractivity contribution in [3.05, 3.63) is 48.4 Å². The van der Waals surface area contributed by atoms with Crippen molar-refractivity contribution in [1.82, 2.24) is 24.8 Å². The van der Waals surface area contributed by atoms with Crippen molar-refractivity contribution in [3.63, 3.8) is 0 Å². The van der Waals surface area contributed by atoms with E-state index in [1.165, 1.54) is 18.4 Å². The molecule has 3 aliphatic rings. The van der Waals surface area contributed by atoms with Gasteiger partial charge in [0.15, 0.2) is 0 Å². The van der Waals surface area contributed by atoms with Crippen LogP contribution in [0.3, 0.4) is 0 Å². The van der Waals surface area contributed by atoms with Crippen molar-refractivity contribution < 1.29 is 4.79 Å². The van der Waals surface area contributed by atoms with Gasteiger partial charge < -0.3 is 20.9 Å². The van der Waals surface area contributed by atoms with Crippen LogP contribution < -0.4 is 16.0 Å². The number of carbonyl (C=O) groups is 1. The maximum absolute atomic E-state index is 12.7. The fourth-order valence-corrected chi connectivity index (χ4v) is 5.65. The number of aromatic nitrogens is 3. The first-order valence-corrected chi connectivity index (χ1v) is 12.6. The fourth-order valence-electron chi connectivity index (χ4n) is 5.65. The third kappa shape index (κ3) is 4.05. The number of rotatable bonds is 4. The van der Waals surface area contributed by atoms with Gasteiger partial charge in [-0.15, -0.1) is 0 Å². The van der Waals surface area contributed by atoms with Crippen molar-refractivity contribution in [2.24, 2.45) is 11.7 Å². The van der Waals surface area contributed by atoms with E-state index in [2.05, 4.69) is 45.8 Å². The molecule has 8 nitrogen and oxygen atoms in total. The van der Waals surface area contributed by atoms with Crippen LogP contribution in [0.25, 0.3) is 16.8 Å². The van der Waals surface area contributed by atoms with Crippen LogP contribution in [0.15, 0.2) is 42.9 Å². The van der Waals surface area contributed by atoms with Crippen molar-refractivity contribution in [2.75, 3.05) is 44.2 Å². The highest BCUT2D eigenvalue weighted by molar-refractivity contribution is 5.81. The zero-order valence-electron chi connectivity index (χ0n) is 19.6. The number of piperidine rings is 1. The number of carbonyl (C=O) groups excluding carboxylic acids is 1. The smallest absolute Gasteiger partial charge is 0.225 e. The highest BCUT2D eigenvalue weighted by Gasteiger charge is 2.36. The number of fused-ring (bicyclic) bond motifs is 1. The van der Waals surface area contributed by atoms with Crippen LogP contribution in [-0.4, -0.2) is 70.7 Å². The van der Waals surface area contributed by atoms with Gasteiger partial charge in [-0.25, -0.2) is 4.52 Å². The van der Waals surface area contributed by atoms with Crippen LogP contribution in [-0.2, 0) is 4.79 Å². The monoisotopic (exact) mass is 459 g/mol. The Morgan fingerprint density at radius 1 is 1.12 bits per heavy atom. The Labute approximate surface area is 200 Å². The van der Waals surface area contributed by atoms with Gasteiger partial charge in [0.05, 0.1) is 16.9 Å². The average Bonchev–Trinajstić information content (AvgIpc) is 3.32. The molecule has 0 radical (unpaired) electrons. The number of nitrogens with two attached hydrogens (primary N) is 1. The molecule has 1 saturated carbocycles. The lowest BCUT2D eigenvalue weighted by atomic mass is 9.80. The van der Waals surface area contributed by atoms with Gasteiger partial charge in [-0.2, -0.15) is 5.10 Å². The summed E-state index contributed by atoms with van der Waals surface area (Å²) in [5.41, 5.74) is 11.5. The van der Waals surface area contributed by atoms with E-state index >= 15 is 0 Å². The Balaban J connectivity index is 1.17. The van der Waals surface area contributed by atoms with Gasteiger partial charge in [0.1, 0.15) is 0 Å². The number of hydrogen-bond donors (Lipinski definition) is 2. The van der Waals surface area contributed by atoms with E-state index in [4.69, 9.17) is 10.7 Å². The molecule has 5 heterocycles. The molecule has 6 rings (SSSR count). The molecule has 0 unspecified atom stereocenters. The Morgan fingerprint density at radius 2 is 1.97 bits per heavy atom. The summed E-state index contributed by atoms with van der Waals surface area (Å²) < 4.78 is 1.94. The predicted molar refractivity (Wildman–Crippen MR) is 133 cm³/mol. The van der Waals surface area contributed by atoms with Crippen LogP contribution in [0.4, 0.5) is 5.69 Å². The summed E-state index contributed by atoms with van der Waals surface area (Å²) in [5, 5.41) is 8.03. The summed E-state index contributed by atoms with van der Waals surface area (Å²) in [7, 11) is 0. The first-order valence-electron chi connectivity index (χ1n) is 12.6. The second kappa shape index (κ2) is 9.00. The molecule has 0 bridgehead atoms. The van der Waals surface area contributed by atoms with Crippen LogP contribution >= 0.6 is 0 Å². The van der Waals surface area contributed by atoms with E-state index in [9.17, 15) is 4.79 Å². The van der Waals surface area contributed by atoms with Crippen molar-refractivity contribution in [1.29, 1.82) is 0 Å². The molecule has 34 heavy (non-hydrogen) atoms. The van der Waals surface area contributed by atoms with E-state index in [0.717, 1.165) is 74.6 Å². The Morgan fingerprint density at radius 3 is 2.68 bits per heavy atom. The minimum atomic E-state index is 0.135. The number of hydrogen-bond acceptors (Lipinski definition) is 6.